The lowest BCUT2D eigenvalue weighted by molar-refractivity contribution is 0.351. The zero-order valence-electron chi connectivity index (χ0n) is 14.3. The SMILES string of the molecule is CC1CC2(CCN1)Nc1ccccc1NC2=NCc1cccc(Cl)c1. The molecule has 1 saturated heterocycles. The molecule has 0 aliphatic carbocycles. The Labute approximate surface area is 153 Å². The summed E-state index contributed by atoms with van der Waals surface area (Å²) in [6.07, 6.45) is 2.01. The predicted octanol–water partition coefficient (Wildman–Crippen LogP) is 4.29. The molecule has 4 nitrogen and oxygen atoms in total. The molecular formula is C20H23ClN4. The van der Waals surface area contributed by atoms with Crippen LogP contribution >= 0.6 is 11.6 Å². The Morgan fingerprint density at radius 3 is 2.80 bits per heavy atom. The highest BCUT2D eigenvalue weighted by atomic mass is 35.5. The van der Waals surface area contributed by atoms with Crippen molar-refractivity contribution in [2.24, 2.45) is 4.99 Å². The standard InChI is InChI=1S/C20H23ClN4/c1-14-12-20(9-10-22-14)19(23-13-15-5-4-6-16(21)11-15)24-17-7-2-3-8-18(17)25-20/h2-8,11,14,22,25H,9-10,12-13H2,1H3,(H,23,24). The second kappa shape index (κ2) is 6.70. The Kier molecular flexibility index (Phi) is 4.40. The van der Waals surface area contributed by atoms with Crippen LogP contribution in [0.4, 0.5) is 11.4 Å². The lowest BCUT2D eigenvalue weighted by Gasteiger charge is -2.46. The summed E-state index contributed by atoms with van der Waals surface area (Å²) in [5.74, 6) is 1.03. The molecule has 2 aromatic rings. The van der Waals surface area contributed by atoms with E-state index in [0.717, 1.165) is 47.2 Å². The third kappa shape index (κ3) is 3.37. The highest BCUT2D eigenvalue weighted by molar-refractivity contribution is 6.30. The zero-order valence-corrected chi connectivity index (χ0v) is 15.1. The van der Waals surface area contributed by atoms with Gasteiger partial charge in [-0.05, 0) is 56.1 Å². The summed E-state index contributed by atoms with van der Waals surface area (Å²) in [6, 6.07) is 16.7. The summed E-state index contributed by atoms with van der Waals surface area (Å²) in [4.78, 5) is 4.96. The fourth-order valence-electron chi connectivity index (χ4n) is 3.82. The van der Waals surface area contributed by atoms with E-state index in [2.05, 4.69) is 47.1 Å². The van der Waals surface area contributed by atoms with Gasteiger partial charge in [-0.2, -0.15) is 0 Å². The summed E-state index contributed by atoms with van der Waals surface area (Å²) in [6.45, 7) is 3.84. The van der Waals surface area contributed by atoms with Crippen LogP contribution in [0, 0.1) is 0 Å². The number of fused-ring (bicyclic) bond motifs is 1. The number of benzene rings is 2. The average molecular weight is 355 g/mol. The summed E-state index contributed by atoms with van der Waals surface area (Å²) in [5.41, 5.74) is 3.22. The highest BCUT2D eigenvalue weighted by Crippen LogP contribution is 2.37. The Hall–Kier alpha value is -2.04. The number of aliphatic imine (C=N–C) groups is 1. The van der Waals surface area contributed by atoms with Crippen molar-refractivity contribution in [3.8, 4) is 0 Å². The van der Waals surface area contributed by atoms with Crippen LogP contribution in [0.15, 0.2) is 53.5 Å². The first-order valence-corrected chi connectivity index (χ1v) is 9.19. The van der Waals surface area contributed by atoms with E-state index in [-0.39, 0.29) is 5.54 Å². The Balaban J connectivity index is 1.68. The van der Waals surface area contributed by atoms with Crippen LogP contribution in [0.25, 0.3) is 0 Å². The van der Waals surface area contributed by atoms with Crippen LogP contribution in [0.1, 0.15) is 25.3 Å². The van der Waals surface area contributed by atoms with E-state index in [9.17, 15) is 0 Å². The Bertz CT molecular complexity index is 804. The van der Waals surface area contributed by atoms with E-state index in [1.807, 2.05) is 24.3 Å². The number of hydrogen-bond acceptors (Lipinski definition) is 3. The maximum Gasteiger partial charge on any atom is 0.127 e. The highest BCUT2D eigenvalue weighted by Gasteiger charge is 2.42. The number of piperidine rings is 1. The second-order valence-electron chi connectivity index (χ2n) is 6.98. The van der Waals surface area contributed by atoms with Gasteiger partial charge < -0.3 is 16.0 Å². The fourth-order valence-corrected chi connectivity index (χ4v) is 4.03. The smallest absolute Gasteiger partial charge is 0.127 e. The summed E-state index contributed by atoms with van der Waals surface area (Å²) in [5, 5.41) is 11.7. The monoisotopic (exact) mass is 354 g/mol. The number of halogens is 1. The van der Waals surface area contributed by atoms with Gasteiger partial charge in [0.1, 0.15) is 5.84 Å². The molecule has 5 heteroatoms. The summed E-state index contributed by atoms with van der Waals surface area (Å²) < 4.78 is 0. The Morgan fingerprint density at radius 2 is 2.00 bits per heavy atom. The van der Waals surface area contributed by atoms with Gasteiger partial charge in [0.15, 0.2) is 0 Å². The van der Waals surface area contributed by atoms with Gasteiger partial charge in [0.25, 0.3) is 0 Å². The zero-order chi connectivity index (χ0) is 17.3. The molecule has 2 aliphatic heterocycles. The van der Waals surface area contributed by atoms with Gasteiger partial charge in [0, 0.05) is 11.1 Å². The maximum absolute atomic E-state index is 6.11. The van der Waals surface area contributed by atoms with Crippen molar-refractivity contribution < 1.29 is 0 Å². The number of rotatable bonds is 2. The minimum absolute atomic E-state index is 0.141. The van der Waals surface area contributed by atoms with Gasteiger partial charge in [-0.15, -0.1) is 0 Å². The molecule has 2 unspecified atom stereocenters. The summed E-state index contributed by atoms with van der Waals surface area (Å²) >= 11 is 6.11. The van der Waals surface area contributed by atoms with E-state index in [0.29, 0.717) is 12.6 Å². The van der Waals surface area contributed by atoms with Crippen molar-refractivity contribution in [3.63, 3.8) is 0 Å². The average Bonchev–Trinajstić information content (AvgIpc) is 2.60. The molecule has 1 fully saturated rings. The molecule has 2 aliphatic rings. The van der Waals surface area contributed by atoms with Gasteiger partial charge >= 0.3 is 0 Å². The quantitative estimate of drug-likeness (QED) is 0.754. The molecule has 0 radical (unpaired) electrons. The minimum atomic E-state index is -0.141. The van der Waals surface area contributed by atoms with Crippen LogP contribution in [-0.2, 0) is 6.54 Å². The van der Waals surface area contributed by atoms with Crippen molar-refractivity contribution in [1.29, 1.82) is 0 Å². The van der Waals surface area contributed by atoms with Gasteiger partial charge in [-0.1, -0.05) is 35.9 Å². The molecule has 2 aromatic carbocycles. The van der Waals surface area contributed by atoms with E-state index < -0.39 is 0 Å². The third-order valence-electron chi connectivity index (χ3n) is 5.02. The van der Waals surface area contributed by atoms with Crippen LogP contribution in [-0.4, -0.2) is 24.0 Å². The fraction of sp³-hybridized carbons (Fsp3) is 0.350. The van der Waals surface area contributed by atoms with Crippen molar-refractivity contribution in [2.75, 3.05) is 17.2 Å². The van der Waals surface area contributed by atoms with E-state index in [1.165, 1.54) is 0 Å². The number of nitrogens with one attached hydrogen (secondary N) is 3. The van der Waals surface area contributed by atoms with Crippen molar-refractivity contribution in [2.45, 2.75) is 37.9 Å². The topological polar surface area (TPSA) is 48.4 Å². The van der Waals surface area contributed by atoms with Crippen LogP contribution in [0.2, 0.25) is 5.02 Å². The molecular weight excluding hydrogens is 332 g/mol. The number of anilines is 2. The largest absolute Gasteiger partial charge is 0.371 e. The number of hydrogen-bond donors (Lipinski definition) is 3. The van der Waals surface area contributed by atoms with Gasteiger partial charge in [-0.3, -0.25) is 4.99 Å². The Morgan fingerprint density at radius 1 is 1.16 bits per heavy atom. The van der Waals surface area contributed by atoms with E-state index in [1.54, 1.807) is 0 Å². The van der Waals surface area contributed by atoms with Crippen LogP contribution in [0.3, 0.4) is 0 Å². The van der Waals surface area contributed by atoms with Crippen molar-refractivity contribution in [3.05, 3.63) is 59.1 Å². The van der Waals surface area contributed by atoms with E-state index in [4.69, 9.17) is 16.6 Å². The van der Waals surface area contributed by atoms with E-state index >= 15 is 0 Å². The molecule has 25 heavy (non-hydrogen) atoms. The molecule has 0 aromatic heterocycles. The third-order valence-corrected chi connectivity index (χ3v) is 5.25. The van der Waals surface area contributed by atoms with Gasteiger partial charge in [0.05, 0.1) is 23.5 Å². The maximum atomic E-state index is 6.11. The number of amidine groups is 1. The first kappa shape index (κ1) is 16.4. The predicted molar refractivity (Wildman–Crippen MR) is 106 cm³/mol. The van der Waals surface area contributed by atoms with Gasteiger partial charge in [0.2, 0.25) is 0 Å². The molecule has 0 amide bonds. The second-order valence-corrected chi connectivity index (χ2v) is 7.42. The molecule has 3 N–H and O–H groups in total. The molecule has 4 rings (SSSR count). The first-order valence-electron chi connectivity index (χ1n) is 8.82. The lowest BCUT2D eigenvalue weighted by atomic mass is 9.81. The van der Waals surface area contributed by atoms with Gasteiger partial charge in [-0.25, -0.2) is 0 Å². The minimum Gasteiger partial charge on any atom is -0.371 e. The normalized spacial score (nSPS) is 26.8. The van der Waals surface area contributed by atoms with Crippen molar-refractivity contribution in [1.82, 2.24) is 5.32 Å². The van der Waals surface area contributed by atoms with Crippen LogP contribution < -0.4 is 16.0 Å². The lowest BCUT2D eigenvalue weighted by Crippen LogP contribution is -2.60. The molecule has 0 saturated carbocycles. The number of para-hydroxylation sites is 2. The van der Waals surface area contributed by atoms with Crippen LogP contribution in [0.5, 0.6) is 0 Å². The molecule has 1 spiro atoms. The molecule has 130 valence electrons. The first-order chi connectivity index (χ1) is 12.1. The number of nitrogens with zero attached hydrogens (tertiary/aromatic N) is 1. The molecule has 0 bridgehead atoms. The summed E-state index contributed by atoms with van der Waals surface area (Å²) in [7, 11) is 0. The van der Waals surface area contributed by atoms with Crippen molar-refractivity contribution >= 4 is 28.8 Å². The molecule has 2 atom stereocenters. The molecule has 2 heterocycles.